The first-order valence-electron chi connectivity index (χ1n) is 4.48. The predicted octanol–water partition coefficient (Wildman–Crippen LogP) is 0.145. The smallest absolute Gasteiger partial charge is 0.149 e. The van der Waals surface area contributed by atoms with Crippen molar-refractivity contribution in [1.82, 2.24) is 4.98 Å². The summed E-state index contributed by atoms with van der Waals surface area (Å²) in [7, 11) is -1.14. The summed E-state index contributed by atoms with van der Waals surface area (Å²) in [6, 6.07) is 1.76. The Hall–Kier alpha value is -1.30. The van der Waals surface area contributed by atoms with Gasteiger partial charge in [-0.25, -0.2) is 8.42 Å². The number of rotatable bonds is 4. The van der Waals surface area contributed by atoms with Gasteiger partial charge in [0.25, 0.3) is 0 Å². The van der Waals surface area contributed by atoms with Crippen molar-refractivity contribution < 1.29 is 8.42 Å². The van der Waals surface area contributed by atoms with Crippen LogP contribution in [-0.2, 0) is 9.84 Å². The lowest BCUT2D eigenvalue weighted by molar-refractivity contribution is 0.601. The molecule has 0 radical (unpaired) electrons. The summed E-state index contributed by atoms with van der Waals surface area (Å²) >= 11 is 0. The Balaban J connectivity index is 2.70. The summed E-state index contributed by atoms with van der Waals surface area (Å²) in [6.07, 6.45) is 4.39. The summed E-state index contributed by atoms with van der Waals surface area (Å²) in [4.78, 5) is 5.67. The number of aromatic nitrogens is 1. The van der Waals surface area contributed by atoms with E-state index in [1.54, 1.807) is 30.4 Å². The van der Waals surface area contributed by atoms with Gasteiger partial charge < -0.3 is 10.6 Å². The van der Waals surface area contributed by atoms with E-state index in [0.29, 0.717) is 12.2 Å². The second-order valence-corrected chi connectivity index (χ2v) is 5.75. The summed E-state index contributed by atoms with van der Waals surface area (Å²) in [6.45, 7) is 0.424. The maximum atomic E-state index is 11.0. The monoisotopic (exact) mass is 229 g/mol. The van der Waals surface area contributed by atoms with Crippen molar-refractivity contribution in [2.45, 2.75) is 0 Å². The number of sulfone groups is 1. The first-order chi connectivity index (χ1) is 6.90. The summed E-state index contributed by atoms with van der Waals surface area (Å²) in [5.74, 6) is 0.116. The van der Waals surface area contributed by atoms with E-state index in [-0.39, 0.29) is 5.75 Å². The largest absolute Gasteiger partial charge is 0.396 e. The molecule has 0 saturated heterocycles. The third-order valence-corrected chi connectivity index (χ3v) is 2.96. The highest BCUT2D eigenvalue weighted by Crippen LogP contribution is 2.19. The van der Waals surface area contributed by atoms with E-state index in [1.807, 2.05) is 0 Å². The normalized spacial score (nSPS) is 11.3. The molecule has 0 bridgehead atoms. The van der Waals surface area contributed by atoms with Crippen LogP contribution < -0.4 is 10.6 Å². The predicted molar refractivity (Wildman–Crippen MR) is 61.6 cm³/mol. The van der Waals surface area contributed by atoms with Crippen LogP contribution >= 0.6 is 0 Å². The van der Waals surface area contributed by atoms with Crippen LogP contribution in [0.3, 0.4) is 0 Å². The fourth-order valence-electron chi connectivity index (χ4n) is 1.17. The number of anilines is 2. The van der Waals surface area contributed by atoms with Gasteiger partial charge in [-0.3, -0.25) is 4.98 Å². The molecule has 0 spiro atoms. The molecule has 0 fully saturated rings. The number of hydrogen-bond acceptors (Lipinski definition) is 5. The molecule has 2 N–H and O–H groups in total. The Morgan fingerprint density at radius 1 is 1.53 bits per heavy atom. The minimum Gasteiger partial charge on any atom is -0.396 e. The highest BCUT2D eigenvalue weighted by molar-refractivity contribution is 7.90. The molecule has 0 atom stereocenters. The molecule has 5 nitrogen and oxygen atoms in total. The molecule has 0 aliphatic carbocycles. The molecule has 0 aliphatic rings. The SMILES string of the molecule is CN(CCS(C)(=O)=O)c1ccncc1N. The van der Waals surface area contributed by atoms with Gasteiger partial charge in [0.05, 0.1) is 23.3 Å². The van der Waals surface area contributed by atoms with Crippen LogP contribution in [0.25, 0.3) is 0 Å². The molecule has 0 aliphatic heterocycles. The second-order valence-electron chi connectivity index (χ2n) is 3.49. The van der Waals surface area contributed by atoms with Crippen molar-refractivity contribution in [2.75, 3.05) is 36.2 Å². The van der Waals surface area contributed by atoms with Crippen molar-refractivity contribution in [3.8, 4) is 0 Å². The first-order valence-corrected chi connectivity index (χ1v) is 6.54. The van der Waals surface area contributed by atoms with Crippen LogP contribution in [0, 0.1) is 0 Å². The Bertz CT molecular complexity index is 431. The molecule has 15 heavy (non-hydrogen) atoms. The number of nitrogen functional groups attached to an aromatic ring is 1. The van der Waals surface area contributed by atoms with Crippen LogP contribution in [0.2, 0.25) is 0 Å². The van der Waals surface area contributed by atoms with Crippen molar-refractivity contribution in [3.05, 3.63) is 18.5 Å². The molecule has 0 aromatic carbocycles. The first kappa shape index (κ1) is 11.8. The van der Waals surface area contributed by atoms with Gasteiger partial charge in [0.1, 0.15) is 9.84 Å². The van der Waals surface area contributed by atoms with E-state index in [1.165, 1.54) is 6.26 Å². The number of hydrogen-bond donors (Lipinski definition) is 1. The topological polar surface area (TPSA) is 76.3 Å². The standard InChI is InChI=1S/C9H15N3O2S/c1-12(5-6-15(2,13)14)9-3-4-11-7-8(9)10/h3-4,7H,5-6,10H2,1-2H3. The minimum absolute atomic E-state index is 0.116. The van der Waals surface area contributed by atoms with Crippen LogP contribution in [0.4, 0.5) is 11.4 Å². The minimum atomic E-state index is -2.94. The molecule has 1 heterocycles. The molecule has 1 aromatic rings. The van der Waals surface area contributed by atoms with E-state index >= 15 is 0 Å². The Morgan fingerprint density at radius 2 is 2.20 bits per heavy atom. The molecule has 6 heteroatoms. The van der Waals surface area contributed by atoms with Gasteiger partial charge in [0, 0.05) is 26.0 Å². The van der Waals surface area contributed by atoms with Crippen molar-refractivity contribution in [2.24, 2.45) is 0 Å². The van der Waals surface area contributed by atoms with Crippen LogP contribution in [0.15, 0.2) is 18.5 Å². The lowest BCUT2D eigenvalue weighted by Gasteiger charge is -2.19. The lowest BCUT2D eigenvalue weighted by atomic mass is 10.3. The Morgan fingerprint density at radius 3 is 2.73 bits per heavy atom. The van der Waals surface area contributed by atoms with Crippen molar-refractivity contribution in [3.63, 3.8) is 0 Å². The van der Waals surface area contributed by atoms with Crippen LogP contribution in [0.1, 0.15) is 0 Å². The molecule has 1 aromatic heterocycles. The van der Waals surface area contributed by atoms with Gasteiger partial charge in [-0.1, -0.05) is 0 Å². The van der Waals surface area contributed by atoms with Gasteiger partial charge in [0.2, 0.25) is 0 Å². The van der Waals surface area contributed by atoms with Gasteiger partial charge in [0.15, 0.2) is 0 Å². The lowest BCUT2D eigenvalue weighted by Crippen LogP contribution is -2.25. The fraction of sp³-hybridized carbons (Fsp3) is 0.444. The third-order valence-electron chi connectivity index (χ3n) is 2.04. The van der Waals surface area contributed by atoms with Gasteiger partial charge in [-0.2, -0.15) is 0 Å². The fourth-order valence-corrected chi connectivity index (χ4v) is 1.78. The number of pyridine rings is 1. The molecule has 1 rings (SSSR count). The molecule has 0 amide bonds. The number of nitrogens with two attached hydrogens (primary N) is 1. The zero-order valence-corrected chi connectivity index (χ0v) is 9.66. The summed E-state index contributed by atoms with van der Waals surface area (Å²) < 4.78 is 22.0. The van der Waals surface area contributed by atoms with E-state index < -0.39 is 9.84 Å². The zero-order valence-electron chi connectivity index (χ0n) is 8.84. The van der Waals surface area contributed by atoms with E-state index in [0.717, 1.165) is 5.69 Å². The quantitative estimate of drug-likeness (QED) is 0.795. The van der Waals surface area contributed by atoms with E-state index in [2.05, 4.69) is 4.98 Å². The third kappa shape index (κ3) is 3.75. The van der Waals surface area contributed by atoms with E-state index in [4.69, 9.17) is 5.73 Å². The molecular weight excluding hydrogens is 214 g/mol. The van der Waals surface area contributed by atoms with Gasteiger partial charge in [-0.05, 0) is 6.07 Å². The average molecular weight is 229 g/mol. The highest BCUT2D eigenvalue weighted by atomic mass is 32.2. The van der Waals surface area contributed by atoms with Crippen LogP contribution in [0.5, 0.6) is 0 Å². The zero-order chi connectivity index (χ0) is 11.5. The molecular formula is C9H15N3O2S. The van der Waals surface area contributed by atoms with Gasteiger partial charge >= 0.3 is 0 Å². The second kappa shape index (κ2) is 4.48. The van der Waals surface area contributed by atoms with Crippen molar-refractivity contribution in [1.29, 1.82) is 0 Å². The molecule has 0 unspecified atom stereocenters. The maximum absolute atomic E-state index is 11.0. The van der Waals surface area contributed by atoms with Crippen molar-refractivity contribution >= 4 is 21.2 Å². The molecule has 0 saturated carbocycles. The summed E-state index contributed by atoms with van der Waals surface area (Å²) in [5, 5.41) is 0. The number of nitrogens with zero attached hydrogens (tertiary/aromatic N) is 2. The average Bonchev–Trinajstić information content (AvgIpc) is 2.14. The summed E-state index contributed by atoms with van der Waals surface area (Å²) in [5.41, 5.74) is 7.06. The Kier molecular flexibility index (Phi) is 3.52. The van der Waals surface area contributed by atoms with Crippen LogP contribution in [-0.4, -0.2) is 39.0 Å². The molecule has 84 valence electrons. The highest BCUT2D eigenvalue weighted by Gasteiger charge is 2.08. The Labute approximate surface area is 89.8 Å². The van der Waals surface area contributed by atoms with E-state index in [9.17, 15) is 8.42 Å². The van der Waals surface area contributed by atoms with Gasteiger partial charge in [-0.15, -0.1) is 0 Å². The maximum Gasteiger partial charge on any atom is 0.149 e.